The van der Waals surface area contributed by atoms with E-state index in [1.807, 2.05) is 0 Å². The molecule has 5 unspecified atom stereocenters. The maximum absolute atomic E-state index is 2.87. The van der Waals surface area contributed by atoms with Gasteiger partial charge in [0.25, 0.3) is 0 Å². The third-order valence-corrected chi connectivity index (χ3v) is 64.3. The fourth-order valence-electron chi connectivity index (χ4n) is 20.6. The molecule has 0 aromatic heterocycles. The molecule has 3 N–H and O–H groups in total. The molecular weight excluding hydrogens is 238 g/mol. The summed E-state index contributed by atoms with van der Waals surface area (Å²) in [5.74, 6) is 0. The smallest absolute Gasteiger partial charge is 0.344 e. The molecule has 0 aromatic rings. The van der Waals surface area contributed by atoms with Crippen molar-refractivity contribution in [2.45, 2.75) is 73.8 Å². The normalized spacial score (nSPS) is 135. The van der Waals surface area contributed by atoms with E-state index >= 15 is 0 Å². The van der Waals surface area contributed by atoms with Crippen LogP contribution in [0.5, 0.6) is 0 Å². The number of hydrogen-bond acceptors (Lipinski definition) is 1. The van der Waals surface area contributed by atoms with Crippen LogP contribution in [0.3, 0.4) is 0 Å². The molecule has 90 valence electrons. The number of hydrogen-bond donors (Lipinski definition) is 1. The molecule has 10 aliphatic heterocycles. The third kappa shape index (κ3) is 0.0440. The van der Waals surface area contributed by atoms with Crippen LogP contribution in [0.25, 0.3) is 0 Å². The monoisotopic (exact) mass is 259 g/mol. The van der Waals surface area contributed by atoms with Crippen molar-refractivity contribution in [3.05, 3.63) is 0 Å². The maximum Gasteiger partial charge on any atom is -0.344 e. The molecule has 10 aliphatic rings. The van der Waals surface area contributed by atoms with Crippen LogP contribution >= 0.6 is 0 Å². The minimum atomic E-state index is -2.84. The zero-order valence-corrected chi connectivity index (χ0v) is 11.4. The van der Waals surface area contributed by atoms with Crippen molar-refractivity contribution in [3.63, 3.8) is 0 Å². The quantitative estimate of drug-likeness (QED) is 0.653. The standard InChI is InChI=1S/C9H13.C5H5.Fe.H3N/c1-4-9-6-5-7(2)8(9)3;1-2-4-5-3-1;;/h5-6H,4H2,1-3H3;1-5H;;1H3. The van der Waals surface area contributed by atoms with Crippen molar-refractivity contribution >= 4 is 0 Å². The van der Waals surface area contributed by atoms with Crippen molar-refractivity contribution in [2.75, 3.05) is 0 Å². The Morgan fingerprint density at radius 3 is 1.50 bits per heavy atom. The summed E-state index contributed by atoms with van der Waals surface area (Å²) in [6, 6.07) is 0. The number of fused-ring (bicyclic) bond motifs is 10. The van der Waals surface area contributed by atoms with E-state index in [1.54, 1.807) is 6.42 Å². The zero-order chi connectivity index (χ0) is 9.56. The summed E-state index contributed by atoms with van der Waals surface area (Å²) in [5.41, 5.74) is 0. The zero-order valence-electron chi connectivity index (χ0n) is 10.3. The summed E-state index contributed by atoms with van der Waals surface area (Å²) < 4.78 is 3.31. The predicted octanol–water partition coefficient (Wildman–Crippen LogP) is 5.10. The molecule has 10 fully saturated rings. The van der Waals surface area contributed by atoms with Crippen molar-refractivity contribution in [2.24, 2.45) is 0 Å². The van der Waals surface area contributed by atoms with Crippen molar-refractivity contribution in [3.8, 4) is 0 Å². The van der Waals surface area contributed by atoms with Gasteiger partial charge in [-0.3, -0.25) is 0 Å². The van der Waals surface area contributed by atoms with Crippen LogP contribution in [-0.2, 0) is 6.51 Å². The summed E-state index contributed by atoms with van der Waals surface area (Å²) in [7, 11) is 0. The van der Waals surface area contributed by atoms with Crippen molar-refractivity contribution in [1.29, 1.82) is 0 Å². The summed E-state index contributed by atoms with van der Waals surface area (Å²) in [6.07, 6.45) is 1.64. The minimum Gasteiger partial charge on any atom is -0.344 e. The molecule has 0 amide bonds. The van der Waals surface area contributed by atoms with E-state index in [-0.39, 0.29) is 6.15 Å². The Hall–Kier alpha value is 0.479. The van der Waals surface area contributed by atoms with Crippen LogP contribution in [0.4, 0.5) is 0 Å². The van der Waals surface area contributed by atoms with Crippen molar-refractivity contribution < 1.29 is 6.51 Å². The Balaban J connectivity index is 0.000000576. The van der Waals surface area contributed by atoms with Gasteiger partial charge < -0.3 is 6.15 Å². The molecule has 10 heterocycles. The van der Waals surface area contributed by atoms with E-state index in [1.165, 1.54) is 33.7 Å². The summed E-state index contributed by atoms with van der Waals surface area (Å²) >= 11 is 0. The molecule has 1 nitrogen and oxygen atoms in total. The molecule has 2 heteroatoms. The van der Waals surface area contributed by atoms with Gasteiger partial charge in [-0.15, -0.1) is 0 Å². The molecule has 10 rings (SSSR count). The molecule has 0 saturated carbocycles. The van der Waals surface area contributed by atoms with Gasteiger partial charge in [-0.1, -0.05) is 0 Å². The Morgan fingerprint density at radius 2 is 1.44 bits per heavy atom. The fourth-order valence-corrected chi connectivity index (χ4v) is 103. The SMILES string of the molecule is CC[C]12[CH]3[CH]4[C]5(C)[C]1(C)[Fe]43521678[CH]2[CH]1[CH]6[CH]7[CH]28.N. The fraction of sp³-hybridized carbons (Fsp3) is 1.00. The largest absolute Gasteiger partial charge is 0.344 e. The van der Waals surface area contributed by atoms with Gasteiger partial charge in [-0.2, -0.15) is 0 Å². The Bertz CT molecular complexity index is 946. The second-order valence-electron chi connectivity index (χ2n) is 11.0. The van der Waals surface area contributed by atoms with Crippen LogP contribution in [-0.4, -0.2) is 0 Å². The first-order valence-corrected chi connectivity index (χ1v) is 13.2. The van der Waals surface area contributed by atoms with Gasteiger partial charge in [0.2, 0.25) is 0 Å². The van der Waals surface area contributed by atoms with E-state index in [2.05, 4.69) is 20.8 Å². The van der Waals surface area contributed by atoms with Crippen LogP contribution in [0, 0.1) is 0 Å². The Morgan fingerprint density at radius 1 is 0.938 bits per heavy atom. The first kappa shape index (κ1) is 6.59. The summed E-state index contributed by atoms with van der Waals surface area (Å²) in [5, 5.41) is 0. The maximum atomic E-state index is 2.87. The second-order valence-corrected chi connectivity index (χ2v) is 34.6. The average molecular weight is 259 g/mol. The predicted molar refractivity (Wildman–Crippen MR) is 61.0 cm³/mol. The van der Waals surface area contributed by atoms with Gasteiger partial charge >= 0.3 is 80.4 Å². The van der Waals surface area contributed by atoms with Crippen LogP contribution in [0.2, 0.25) is 46.7 Å². The number of rotatable bonds is 1. The molecule has 0 bridgehead atoms. The molecule has 1 spiro atoms. The Labute approximate surface area is 86.6 Å². The topological polar surface area (TPSA) is 35.0 Å². The first-order valence-electron chi connectivity index (χ1n) is 7.10. The van der Waals surface area contributed by atoms with Gasteiger partial charge in [-0.05, 0) is 0 Å². The van der Waals surface area contributed by atoms with Gasteiger partial charge in [-0.25, -0.2) is 0 Å². The van der Waals surface area contributed by atoms with Crippen LogP contribution in [0.1, 0.15) is 27.2 Å². The van der Waals surface area contributed by atoms with Crippen LogP contribution in [0.15, 0.2) is 0 Å². The van der Waals surface area contributed by atoms with E-state index in [9.17, 15) is 0 Å². The molecule has 0 aliphatic carbocycles. The van der Waals surface area contributed by atoms with E-state index < -0.39 is 6.51 Å². The van der Waals surface area contributed by atoms with Crippen LogP contribution < -0.4 is 6.15 Å². The van der Waals surface area contributed by atoms with Gasteiger partial charge in [0, 0.05) is 0 Å². The summed E-state index contributed by atoms with van der Waals surface area (Å²) in [6.45, 7) is 5.47. The van der Waals surface area contributed by atoms with E-state index in [0.717, 1.165) is 12.9 Å². The molecule has 0 aromatic carbocycles. The minimum absolute atomic E-state index is 0. The van der Waals surface area contributed by atoms with E-state index in [4.69, 9.17) is 0 Å². The van der Waals surface area contributed by atoms with Crippen molar-refractivity contribution in [1.82, 2.24) is 6.15 Å². The van der Waals surface area contributed by atoms with Gasteiger partial charge in [0.1, 0.15) is 0 Å². The van der Waals surface area contributed by atoms with Gasteiger partial charge in [0.05, 0.1) is 0 Å². The molecule has 10 saturated heterocycles. The first-order chi connectivity index (χ1) is 6.89. The Kier molecular flexibility index (Phi) is 0.183. The molecule has 5 atom stereocenters. The molecular formula is C14H21FeN. The third-order valence-electron chi connectivity index (χ3n) is 17.5. The average Bonchev–Trinajstić information content (AvgIpc) is 3.17. The van der Waals surface area contributed by atoms with E-state index in [0.29, 0.717) is 0 Å². The summed E-state index contributed by atoms with van der Waals surface area (Å²) in [4.78, 5) is 10.5. The molecule has 0 radical (unpaired) electrons. The van der Waals surface area contributed by atoms with Gasteiger partial charge in [0.15, 0.2) is 0 Å². The molecule has 16 heavy (non-hydrogen) atoms. The second kappa shape index (κ2) is 0.444.